The van der Waals surface area contributed by atoms with Crippen LogP contribution in [0.25, 0.3) is 11.3 Å². The number of para-hydroxylation sites is 1. The molecule has 1 aliphatic carbocycles. The van der Waals surface area contributed by atoms with Crippen LogP contribution >= 0.6 is 11.8 Å². The summed E-state index contributed by atoms with van der Waals surface area (Å²) in [5.74, 6) is 3.99. The smallest absolute Gasteiger partial charge is 0.191 e. The normalized spacial score (nSPS) is 14.0. The van der Waals surface area contributed by atoms with Gasteiger partial charge in [0.1, 0.15) is 23.0 Å². The zero-order valence-electron chi connectivity index (χ0n) is 14.3. The monoisotopic (exact) mass is 356 g/mol. The third kappa shape index (κ3) is 3.28. The summed E-state index contributed by atoms with van der Waals surface area (Å²) in [5.41, 5.74) is 1.71. The predicted octanol–water partition coefficient (Wildman–Crippen LogP) is 4.13. The van der Waals surface area contributed by atoms with Crippen LogP contribution in [0.3, 0.4) is 0 Å². The van der Waals surface area contributed by atoms with Crippen molar-refractivity contribution in [2.24, 2.45) is 0 Å². The Labute approximate surface area is 150 Å². The lowest BCUT2D eigenvalue weighted by molar-refractivity contribution is 0.395. The highest BCUT2D eigenvalue weighted by atomic mass is 32.2. The lowest BCUT2D eigenvalue weighted by Crippen LogP contribution is -2.01. The fraction of sp³-hybridized carbons (Fsp3) is 0.389. The maximum Gasteiger partial charge on any atom is 0.191 e. The van der Waals surface area contributed by atoms with Gasteiger partial charge in [-0.2, -0.15) is 0 Å². The number of thioether (sulfide) groups is 1. The molecule has 2 aromatic heterocycles. The molecular weight excluding hydrogens is 336 g/mol. The summed E-state index contributed by atoms with van der Waals surface area (Å²) in [4.78, 5) is 0. The van der Waals surface area contributed by atoms with Gasteiger partial charge < -0.3 is 13.8 Å². The first-order valence-electron chi connectivity index (χ1n) is 8.45. The molecule has 1 aliphatic rings. The van der Waals surface area contributed by atoms with Gasteiger partial charge in [-0.15, -0.1) is 10.2 Å². The average molecular weight is 356 g/mol. The van der Waals surface area contributed by atoms with Gasteiger partial charge in [-0.05, 0) is 31.9 Å². The van der Waals surface area contributed by atoms with E-state index >= 15 is 0 Å². The Hall–Kier alpha value is -2.28. The molecule has 0 bridgehead atoms. The molecule has 0 aliphatic heterocycles. The van der Waals surface area contributed by atoms with Gasteiger partial charge in [0, 0.05) is 24.1 Å². The summed E-state index contributed by atoms with van der Waals surface area (Å²) < 4.78 is 13.1. The van der Waals surface area contributed by atoms with Gasteiger partial charge in [0.25, 0.3) is 0 Å². The van der Waals surface area contributed by atoms with Crippen LogP contribution < -0.4 is 4.74 Å². The number of nitrogens with zero attached hydrogens (tertiary/aromatic N) is 4. The molecule has 0 unspecified atom stereocenters. The number of benzene rings is 1. The van der Waals surface area contributed by atoms with Crippen molar-refractivity contribution >= 4 is 11.8 Å². The molecule has 25 heavy (non-hydrogen) atoms. The number of methoxy groups -OCH3 is 1. The highest BCUT2D eigenvalue weighted by Gasteiger charge is 2.30. The van der Waals surface area contributed by atoms with E-state index in [1.54, 1.807) is 18.9 Å². The minimum Gasteiger partial charge on any atom is -0.496 e. The van der Waals surface area contributed by atoms with E-state index in [1.165, 1.54) is 12.8 Å². The maximum absolute atomic E-state index is 5.50. The van der Waals surface area contributed by atoms with Crippen molar-refractivity contribution in [1.29, 1.82) is 0 Å². The van der Waals surface area contributed by atoms with E-state index in [0.29, 0.717) is 11.7 Å². The van der Waals surface area contributed by atoms with Crippen LogP contribution in [-0.2, 0) is 12.3 Å². The number of hydrogen-bond acceptors (Lipinski definition) is 6. The second-order valence-electron chi connectivity index (χ2n) is 6.03. The maximum atomic E-state index is 5.50. The zero-order chi connectivity index (χ0) is 17.2. The highest BCUT2D eigenvalue weighted by molar-refractivity contribution is 7.98. The molecule has 130 valence electrons. The van der Waals surface area contributed by atoms with Crippen LogP contribution in [0.1, 0.15) is 37.3 Å². The second-order valence-corrected chi connectivity index (χ2v) is 6.97. The van der Waals surface area contributed by atoms with Crippen molar-refractivity contribution in [2.75, 3.05) is 7.11 Å². The van der Waals surface area contributed by atoms with Crippen LogP contribution in [0.15, 0.2) is 40.0 Å². The number of hydrogen-bond donors (Lipinski definition) is 0. The van der Waals surface area contributed by atoms with Crippen molar-refractivity contribution in [2.45, 2.75) is 43.1 Å². The molecule has 0 atom stereocenters. The van der Waals surface area contributed by atoms with Crippen LogP contribution in [0.4, 0.5) is 0 Å². The van der Waals surface area contributed by atoms with Gasteiger partial charge in [-0.25, -0.2) is 0 Å². The van der Waals surface area contributed by atoms with Crippen LogP contribution in [0.2, 0.25) is 0 Å². The Morgan fingerprint density at radius 1 is 1.28 bits per heavy atom. The quantitative estimate of drug-likeness (QED) is 0.593. The lowest BCUT2D eigenvalue weighted by atomic mass is 10.1. The summed E-state index contributed by atoms with van der Waals surface area (Å²) in [6, 6.07) is 9.75. The van der Waals surface area contributed by atoms with Gasteiger partial charge in [0.05, 0.1) is 12.9 Å². The molecule has 1 aromatic carbocycles. The molecule has 0 N–H and O–H groups in total. The molecule has 2 heterocycles. The third-order valence-corrected chi connectivity index (χ3v) is 5.28. The Morgan fingerprint density at radius 2 is 2.12 bits per heavy atom. The van der Waals surface area contributed by atoms with E-state index in [4.69, 9.17) is 9.26 Å². The minimum atomic E-state index is 0.601. The molecule has 7 heteroatoms. The van der Waals surface area contributed by atoms with Crippen LogP contribution in [0.5, 0.6) is 5.75 Å². The first-order valence-corrected chi connectivity index (χ1v) is 9.43. The van der Waals surface area contributed by atoms with Crippen molar-refractivity contribution in [3.05, 3.63) is 41.9 Å². The highest BCUT2D eigenvalue weighted by Crippen LogP contribution is 2.40. The van der Waals surface area contributed by atoms with E-state index in [-0.39, 0.29) is 0 Å². The summed E-state index contributed by atoms with van der Waals surface area (Å²) in [7, 11) is 1.66. The Bertz CT molecular complexity index is 870. The molecule has 0 spiro atoms. The van der Waals surface area contributed by atoms with E-state index in [1.807, 2.05) is 30.3 Å². The lowest BCUT2D eigenvalue weighted by Gasteiger charge is -2.05. The summed E-state index contributed by atoms with van der Waals surface area (Å²) >= 11 is 1.63. The summed E-state index contributed by atoms with van der Waals surface area (Å²) in [6.07, 6.45) is 2.46. The SMILES string of the molecule is CCn1c(SCc2cc(-c3ccccc3OC)no2)nnc1C1CC1. The van der Waals surface area contributed by atoms with Crippen molar-refractivity contribution < 1.29 is 9.26 Å². The number of ether oxygens (including phenoxy) is 1. The largest absolute Gasteiger partial charge is 0.496 e. The second kappa shape index (κ2) is 6.92. The van der Waals surface area contributed by atoms with E-state index < -0.39 is 0 Å². The van der Waals surface area contributed by atoms with Crippen molar-refractivity contribution in [3.63, 3.8) is 0 Å². The van der Waals surface area contributed by atoms with E-state index in [0.717, 1.165) is 40.3 Å². The molecule has 0 saturated heterocycles. The Morgan fingerprint density at radius 3 is 2.88 bits per heavy atom. The van der Waals surface area contributed by atoms with Gasteiger partial charge in [-0.3, -0.25) is 0 Å². The summed E-state index contributed by atoms with van der Waals surface area (Å²) in [6.45, 7) is 3.03. The standard InChI is InChI=1S/C18H20N4O2S/c1-3-22-17(12-8-9-12)19-20-18(22)25-11-13-10-15(21-24-13)14-6-4-5-7-16(14)23-2/h4-7,10,12H,3,8-9,11H2,1-2H3. The third-order valence-electron chi connectivity index (χ3n) is 4.29. The molecule has 0 amide bonds. The van der Waals surface area contributed by atoms with Crippen molar-refractivity contribution in [3.8, 4) is 17.0 Å². The fourth-order valence-electron chi connectivity index (χ4n) is 2.85. The zero-order valence-corrected chi connectivity index (χ0v) is 15.1. The molecule has 1 fully saturated rings. The van der Waals surface area contributed by atoms with Gasteiger partial charge >= 0.3 is 0 Å². The van der Waals surface area contributed by atoms with E-state index in [9.17, 15) is 0 Å². The fourth-order valence-corrected chi connectivity index (χ4v) is 3.73. The minimum absolute atomic E-state index is 0.601. The topological polar surface area (TPSA) is 66.0 Å². The van der Waals surface area contributed by atoms with Crippen molar-refractivity contribution in [1.82, 2.24) is 19.9 Å². The Kier molecular flexibility index (Phi) is 4.48. The predicted molar refractivity (Wildman–Crippen MR) is 95.7 cm³/mol. The molecule has 4 rings (SSSR count). The van der Waals surface area contributed by atoms with Gasteiger partial charge in [0.15, 0.2) is 5.16 Å². The first kappa shape index (κ1) is 16.2. The summed E-state index contributed by atoms with van der Waals surface area (Å²) in [5, 5.41) is 13.8. The molecule has 0 radical (unpaired) electrons. The molecular formula is C18H20N4O2S. The Balaban J connectivity index is 1.49. The van der Waals surface area contributed by atoms with Crippen LogP contribution in [-0.4, -0.2) is 27.0 Å². The molecule has 3 aromatic rings. The number of aromatic nitrogens is 4. The van der Waals surface area contributed by atoms with Gasteiger partial charge in [-0.1, -0.05) is 29.1 Å². The number of rotatable bonds is 7. The van der Waals surface area contributed by atoms with Crippen LogP contribution in [0, 0.1) is 0 Å². The van der Waals surface area contributed by atoms with E-state index in [2.05, 4.69) is 26.8 Å². The molecule has 1 saturated carbocycles. The van der Waals surface area contributed by atoms with Gasteiger partial charge in [0.2, 0.25) is 0 Å². The first-order chi connectivity index (χ1) is 12.3. The molecule has 6 nitrogen and oxygen atoms in total. The average Bonchev–Trinajstić information content (AvgIpc) is 3.24.